The van der Waals surface area contributed by atoms with Crippen molar-refractivity contribution in [1.82, 2.24) is 0 Å². The summed E-state index contributed by atoms with van der Waals surface area (Å²) in [4.78, 5) is 11.0. The van der Waals surface area contributed by atoms with Crippen LogP contribution in [0.1, 0.15) is 15.9 Å². The molecule has 0 saturated heterocycles. The van der Waals surface area contributed by atoms with E-state index in [2.05, 4.69) is 5.32 Å². The van der Waals surface area contributed by atoms with Gasteiger partial charge in [-0.3, -0.25) is 0 Å². The van der Waals surface area contributed by atoms with E-state index in [1.54, 1.807) is 25.3 Å². The van der Waals surface area contributed by atoms with E-state index < -0.39 is 11.8 Å². The third kappa shape index (κ3) is 3.49. The zero-order chi connectivity index (χ0) is 15.4. The first kappa shape index (κ1) is 14.8. The molecule has 0 atom stereocenters. The van der Waals surface area contributed by atoms with Gasteiger partial charge in [0.1, 0.15) is 5.82 Å². The Labute approximate surface area is 121 Å². The number of nitrogen functional groups attached to an aromatic ring is 1. The summed E-state index contributed by atoms with van der Waals surface area (Å²) in [7, 11) is 1.58. The third-order valence-electron chi connectivity index (χ3n) is 2.89. The van der Waals surface area contributed by atoms with Crippen molar-refractivity contribution < 1.29 is 19.0 Å². The van der Waals surface area contributed by atoms with Crippen LogP contribution in [0.2, 0.25) is 0 Å². The Balaban J connectivity index is 2.33. The van der Waals surface area contributed by atoms with Gasteiger partial charge in [0.05, 0.1) is 17.9 Å². The number of ether oxygens (including phenoxy) is 1. The van der Waals surface area contributed by atoms with E-state index in [1.165, 1.54) is 6.07 Å². The number of carbonyl (C=O) groups is 1. The first-order valence-corrected chi connectivity index (χ1v) is 6.18. The lowest BCUT2D eigenvalue weighted by Gasteiger charge is -2.11. The molecule has 0 amide bonds. The van der Waals surface area contributed by atoms with Gasteiger partial charge >= 0.3 is 5.97 Å². The van der Waals surface area contributed by atoms with Gasteiger partial charge in [0.15, 0.2) is 0 Å². The van der Waals surface area contributed by atoms with Crippen LogP contribution in [0.5, 0.6) is 0 Å². The molecule has 2 rings (SSSR count). The Morgan fingerprint density at radius 3 is 2.81 bits per heavy atom. The summed E-state index contributed by atoms with van der Waals surface area (Å²) in [6.45, 7) is 0.431. The minimum Gasteiger partial charge on any atom is -0.478 e. The predicted molar refractivity (Wildman–Crippen MR) is 78.2 cm³/mol. The highest BCUT2D eigenvalue weighted by atomic mass is 19.1. The van der Waals surface area contributed by atoms with Gasteiger partial charge in [-0.2, -0.15) is 0 Å². The topological polar surface area (TPSA) is 84.6 Å². The van der Waals surface area contributed by atoms with E-state index in [9.17, 15) is 9.18 Å². The lowest BCUT2D eigenvalue weighted by Crippen LogP contribution is -2.05. The van der Waals surface area contributed by atoms with E-state index in [0.717, 1.165) is 11.6 Å². The summed E-state index contributed by atoms with van der Waals surface area (Å²) >= 11 is 0. The molecule has 0 aliphatic rings. The van der Waals surface area contributed by atoms with Gasteiger partial charge in [-0.25, -0.2) is 9.18 Å². The minimum atomic E-state index is -1.20. The molecule has 0 aliphatic heterocycles. The van der Waals surface area contributed by atoms with Gasteiger partial charge in [-0.15, -0.1) is 0 Å². The molecule has 5 nitrogen and oxygen atoms in total. The van der Waals surface area contributed by atoms with Crippen LogP contribution >= 0.6 is 0 Å². The summed E-state index contributed by atoms with van der Waals surface area (Å²) in [6.07, 6.45) is 0. The molecule has 2 aromatic carbocycles. The molecular weight excluding hydrogens is 275 g/mol. The lowest BCUT2D eigenvalue weighted by molar-refractivity contribution is 0.0698. The average molecular weight is 290 g/mol. The fourth-order valence-electron chi connectivity index (χ4n) is 1.93. The molecule has 0 heterocycles. The zero-order valence-electron chi connectivity index (χ0n) is 11.4. The maximum Gasteiger partial charge on any atom is 0.337 e. The van der Waals surface area contributed by atoms with Crippen molar-refractivity contribution in [3.63, 3.8) is 0 Å². The summed E-state index contributed by atoms with van der Waals surface area (Å²) in [5.74, 6) is -1.82. The van der Waals surface area contributed by atoms with E-state index in [0.29, 0.717) is 12.3 Å². The van der Waals surface area contributed by atoms with Gasteiger partial charge in [0, 0.05) is 18.5 Å². The van der Waals surface area contributed by atoms with Crippen LogP contribution < -0.4 is 11.1 Å². The van der Waals surface area contributed by atoms with E-state index >= 15 is 0 Å². The van der Waals surface area contributed by atoms with Gasteiger partial charge in [0.2, 0.25) is 0 Å². The summed E-state index contributed by atoms with van der Waals surface area (Å²) in [5.41, 5.74) is 6.82. The molecule has 0 aromatic heterocycles. The quantitative estimate of drug-likeness (QED) is 0.737. The minimum absolute atomic E-state index is 0.0520. The number of methoxy groups -OCH3 is 1. The van der Waals surface area contributed by atoms with Crippen LogP contribution in [0.4, 0.5) is 21.5 Å². The number of rotatable bonds is 5. The molecule has 2 aromatic rings. The number of nitrogens with two attached hydrogens (primary N) is 1. The van der Waals surface area contributed by atoms with Crippen LogP contribution in [0, 0.1) is 5.82 Å². The Morgan fingerprint density at radius 1 is 1.38 bits per heavy atom. The first-order chi connectivity index (χ1) is 10.0. The molecule has 6 heteroatoms. The van der Waals surface area contributed by atoms with Crippen LogP contribution in [0.3, 0.4) is 0 Å². The first-order valence-electron chi connectivity index (χ1n) is 6.18. The molecule has 4 N–H and O–H groups in total. The molecule has 0 aliphatic carbocycles. The number of nitrogens with one attached hydrogen (secondary N) is 1. The fourth-order valence-corrected chi connectivity index (χ4v) is 1.93. The van der Waals surface area contributed by atoms with Crippen molar-refractivity contribution in [3.8, 4) is 0 Å². The summed E-state index contributed by atoms with van der Waals surface area (Å²) < 4.78 is 18.9. The Bertz CT molecular complexity index is 674. The molecule has 110 valence electrons. The van der Waals surface area contributed by atoms with Crippen molar-refractivity contribution in [1.29, 1.82) is 0 Å². The normalized spacial score (nSPS) is 10.4. The molecule has 0 bridgehead atoms. The molecule has 21 heavy (non-hydrogen) atoms. The number of carboxylic acid groups (broad SMARTS) is 1. The van der Waals surface area contributed by atoms with Crippen LogP contribution in [0.15, 0.2) is 36.4 Å². The largest absolute Gasteiger partial charge is 0.478 e. The number of hydrogen-bond acceptors (Lipinski definition) is 4. The van der Waals surface area contributed by atoms with E-state index in [-0.39, 0.29) is 16.9 Å². The SMILES string of the molecule is COCc1cccc(Nc2cc(C(=O)O)c(N)cc2F)c1. The highest BCUT2D eigenvalue weighted by Gasteiger charge is 2.13. The fraction of sp³-hybridized carbons (Fsp3) is 0.133. The van der Waals surface area contributed by atoms with Crippen molar-refractivity contribution in [2.75, 3.05) is 18.2 Å². The number of benzene rings is 2. The summed E-state index contributed by atoms with van der Waals surface area (Å²) in [6, 6.07) is 9.37. The smallest absolute Gasteiger partial charge is 0.337 e. The summed E-state index contributed by atoms with van der Waals surface area (Å²) in [5, 5.41) is 11.9. The number of halogens is 1. The standard InChI is InChI=1S/C15H15FN2O3/c1-21-8-9-3-2-4-10(5-9)18-14-6-11(15(19)20)13(17)7-12(14)16/h2-7,18H,8,17H2,1H3,(H,19,20). The number of hydrogen-bond donors (Lipinski definition) is 3. The second kappa shape index (κ2) is 6.23. The van der Waals surface area contributed by atoms with Gasteiger partial charge < -0.3 is 20.9 Å². The lowest BCUT2D eigenvalue weighted by atomic mass is 10.1. The molecular formula is C15H15FN2O3. The molecule has 0 radical (unpaired) electrons. The average Bonchev–Trinajstić information content (AvgIpc) is 2.42. The predicted octanol–water partition coefficient (Wildman–Crippen LogP) is 3.00. The second-order valence-electron chi connectivity index (χ2n) is 4.48. The molecule has 0 unspecified atom stereocenters. The van der Waals surface area contributed by atoms with Gasteiger partial charge in [0.25, 0.3) is 0 Å². The zero-order valence-corrected chi connectivity index (χ0v) is 11.4. The number of anilines is 3. The van der Waals surface area contributed by atoms with E-state index in [1.807, 2.05) is 6.07 Å². The highest BCUT2D eigenvalue weighted by molar-refractivity contribution is 5.95. The number of aromatic carboxylic acids is 1. The van der Waals surface area contributed by atoms with Crippen LogP contribution in [0.25, 0.3) is 0 Å². The van der Waals surface area contributed by atoms with Crippen LogP contribution in [-0.4, -0.2) is 18.2 Å². The molecule has 0 fully saturated rings. The van der Waals surface area contributed by atoms with Crippen molar-refractivity contribution >= 4 is 23.0 Å². The molecule has 0 saturated carbocycles. The van der Waals surface area contributed by atoms with Crippen LogP contribution in [-0.2, 0) is 11.3 Å². The maximum absolute atomic E-state index is 13.9. The van der Waals surface area contributed by atoms with Crippen molar-refractivity contribution in [3.05, 3.63) is 53.3 Å². The Morgan fingerprint density at radius 2 is 2.14 bits per heavy atom. The highest BCUT2D eigenvalue weighted by Crippen LogP contribution is 2.26. The van der Waals surface area contributed by atoms with Crippen molar-refractivity contribution in [2.45, 2.75) is 6.61 Å². The molecule has 0 spiro atoms. The Hall–Kier alpha value is -2.60. The van der Waals surface area contributed by atoms with Gasteiger partial charge in [-0.05, 0) is 29.8 Å². The Kier molecular flexibility index (Phi) is 4.39. The number of carboxylic acids is 1. The third-order valence-corrected chi connectivity index (χ3v) is 2.89. The van der Waals surface area contributed by atoms with Crippen molar-refractivity contribution in [2.24, 2.45) is 0 Å². The maximum atomic E-state index is 13.9. The van der Waals surface area contributed by atoms with E-state index in [4.69, 9.17) is 15.6 Å². The van der Waals surface area contributed by atoms with Gasteiger partial charge in [-0.1, -0.05) is 12.1 Å². The monoisotopic (exact) mass is 290 g/mol. The second-order valence-corrected chi connectivity index (χ2v) is 4.48.